The van der Waals surface area contributed by atoms with E-state index in [1.807, 2.05) is 30.3 Å². The number of anilines is 1. The van der Waals surface area contributed by atoms with Crippen LogP contribution in [0.3, 0.4) is 0 Å². The van der Waals surface area contributed by atoms with Crippen LogP contribution in [0.2, 0.25) is 5.02 Å². The molecule has 3 rings (SSSR count). The number of para-hydroxylation sites is 1. The summed E-state index contributed by atoms with van der Waals surface area (Å²) < 4.78 is 14.9. The van der Waals surface area contributed by atoms with E-state index in [1.54, 1.807) is 22.7 Å². The molecular weight excluding hydrogens is 476 g/mol. The van der Waals surface area contributed by atoms with E-state index in [0.29, 0.717) is 34.4 Å². The molecular formula is C22H26Cl2FN3OS2. The van der Waals surface area contributed by atoms with E-state index < -0.39 is 0 Å². The maximum Gasteiger partial charge on any atom is 0.229 e. The minimum Gasteiger partial charge on any atom is -0.302 e. The van der Waals surface area contributed by atoms with Gasteiger partial charge in [0.1, 0.15) is 11.3 Å². The molecule has 0 saturated carbocycles. The third-order valence-electron chi connectivity index (χ3n) is 4.82. The quantitative estimate of drug-likeness (QED) is 0.302. The molecule has 0 aliphatic rings. The van der Waals surface area contributed by atoms with Gasteiger partial charge >= 0.3 is 0 Å². The van der Waals surface area contributed by atoms with Crippen LogP contribution in [0.5, 0.6) is 0 Å². The Labute approximate surface area is 202 Å². The molecule has 0 fully saturated rings. The molecule has 0 aliphatic heterocycles. The van der Waals surface area contributed by atoms with E-state index in [4.69, 9.17) is 11.6 Å². The maximum atomic E-state index is 14.1. The molecule has 0 spiro atoms. The van der Waals surface area contributed by atoms with Crippen LogP contribution in [0.25, 0.3) is 10.2 Å². The van der Waals surface area contributed by atoms with Gasteiger partial charge in [0.15, 0.2) is 5.13 Å². The summed E-state index contributed by atoms with van der Waals surface area (Å²) in [4.78, 5) is 22.6. The molecule has 0 bridgehead atoms. The van der Waals surface area contributed by atoms with Gasteiger partial charge in [0.25, 0.3) is 0 Å². The van der Waals surface area contributed by atoms with Crippen LogP contribution in [0.15, 0.2) is 47.4 Å². The number of nitrogens with zero attached hydrogens (tertiary/aromatic N) is 3. The molecule has 31 heavy (non-hydrogen) atoms. The zero-order valence-corrected chi connectivity index (χ0v) is 20.7. The second-order valence-corrected chi connectivity index (χ2v) is 9.32. The fourth-order valence-corrected chi connectivity index (χ4v) is 5.04. The van der Waals surface area contributed by atoms with Gasteiger partial charge in [-0.3, -0.25) is 9.69 Å². The largest absolute Gasteiger partial charge is 0.302 e. The number of amides is 1. The highest BCUT2D eigenvalue weighted by molar-refractivity contribution is 7.99. The predicted molar refractivity (Wildman–Crippen MR) is 134 cm³/mol. The molecule has 0 unspecified atom stereocenters. The average molecular weight is 503 g/mol. The molecule has 0 aliphatic carbocycles. The van der Waals surface area contributed by atoms with E-state index in [-0.39, 0.29) is 24.1 Å². The summed E-state index contributed by atoms with van der Waals surface area (Å²) in [5.74, 6) is 0.300. The van der Waals surface area contributed by atoms with Crippen LogP contribution in [0.1, 0.15) is 20.3 Å². The van der Waals surface area contributed by atoms with Crippen molar-refractivity contribution in [2.45, 2.75) is 25.2 Å². The lowest BCUT2D eigenvalue weighted by atomic mass is 10.3. The van der Waals surface area contributed by atoms with Gasteiger partial charge in [-0.1, -0.05) is 42.9 Å². The highest BCUT2D eigenvalue weighted by atomic mass is 35.5. The smallest absolute Gasteiger partial charge is 0.229 e. The Hall–Kier alpha value is -1.38. The summed E-state index contributed by atoms with van der Waals surface area (Å²) in [6, 6.07) is 12.5. The fourth-order valence-electron chi connectivity index (χ4n) is 3.05. The minimum atomic E-state index is -0.357. The first-order chi connectivity index (χ1) is 14.5. The van der Waals surface area contributed by atoms with Gasteiger partial charge in [0.05, 0.1) is 4.70 Å². The third-order valence-corrected chi connectivity index (χ3v) is 7.13. The van der Waals surface area contributed by atoms with Gasteiger partial charge in [-0.25, -0.2) is 9.37 Å². The average Bonchev–Trinajstić information content (AvgIpc) is 3.18. The molecule has 0 saturated heterocycles. The Bertz CT molecular complexity index is 981. The number of thioether (sulfide) groups is 1. The fraction of sp³-hybridized carbons (Fsp3) is 0.364. The summed E-state index contributed by atoms with van der Waals surface area (Å²) in [6.07, 6.45) is 0.379. The van der Waals surface area contributed by atoms with Crippen LogP contribution in [-0.2, 0) is 4.79 Å². The number of likely N-dealkylation sites (N-methyl/N-ethyl adjacent to an activating group) is 1. The molecule has 3 aromatic rings. The molecule has 0 radical (unpaired) electrons. The van der Waals surface area contributed by atoms with Crippen molar-refractivity contribution in [2.24, 2.45) is 0 Å². The number of hydrogen-bond acceptors (Lipinski definition) is 5. The first-order valence-corrected chi connectivity index (χ1v) is 12.2. The SMILES string of the molecule is CCN(CC)CCN(C(=O)CCSc1ccc(Cl)cc1)c1nc2c(F)cccc2s1.Cl. The Kier molecular flexibility index (Phi) is 10.5. The normalized spacial score (nSPS) is 11.0. The number of thiazole rings is 1. The molecule has 0 atom stereocenters. The number of fused-ring (bicyclic) bond motifs is 1. The Morgan fingerprint density at radius 2 is 1.84 bits per heavy atom. The molecule has 168 valence electrons. The van der Waals surface area contributed by atoms with Gasteiger partial charge in [-0.2, -0.15) is 0 Å². The first kappa shape index (κ1) is 25.9. The Morgan fingerprint density at radius 3 is 2.48 bits per heavy atom. The lowest BCUT2D eigenvalue weighted by Gasteiger charge is -2.24. The summed E-state index contributed by atoms with van der Waals surface area (Å²) >= 11 is 8.91. The zero-order valence-electron chi connectivity index (χ0n) is 17.5. The van der Waals surface area contributed by atoms with E-state index >= 15 is 0 Å². The molecule has 9 heteroatoms. The molecule has 1 aromatic heterocycles. The summed E-state index contributed by atoms with van der Waals surface area (Å²) in [5, 5.41) is 1.25. The summed E-state index contributed by atoms with van der Waals surface area (Å²) in [5.41, 5.74) is 0.327. The predicted octanol–water partition coefficient (Wildman–Crippen LogP) is 6.37. The molecule has 0 N–H and O–H groups in total. The number of hydrogen-bond donors (Lipinski definition) is 0. The van der Waals surface area contributed by atoms with Gasteiger partial charge in [-0.15, -0.1) is 24.2 Å². The van der Waals surface area contributed by atoms with Crippen molar-refractivity contribution in [2.75, 3.05) is 36.8 Å². The number of benzene rings is 2. The Morgan fingerprint density at radius 1 is 1.13 bits per heavy atom. The van der Waals surface area contributed by atoms with Crippen molar-refractivity contribution < 1.29 is 9.18 Å². The number of halogens is 3. The standard InChI is InChI=1S/C22H25ClFN3OS2.ClH/c1-3-26(4-2)13-14-27(22-25-21-18(24)6-5-7-19(21)30-22)20(28)12-15-29-17-10-8-16(23)9-11-17;/h5-11H,3-4,12-15H2,1-2H3;1H. The number of rotatable bonds is 10. The first-order valence-electron chi connectivity index (χ1n) is 9.98. The minimum absolute atomic E-state index is 0. The van der Waals surface area contributed by atoms with Crippen molar-refractivity contribution in [3.8, 4) is 0 Å². The molecule has 4 nitrogen and oxygen atoms in total. The van der Waals surface area contributed by atoms with Crippen LogP contribution in [0.4, 0.5) is 9.52 Å². The molecule has 1 amide bonds. The van der Waals surface area contributed by atoms with Crippen LogP contribution in [0, 0.1) is 5.82 Å². The van der Waals surface area contributed by atoms with Crippen LogP contribution in [-0.4, -0.2) is 47.7 Å². The van der Waals surface area contributed by atoms with E-state index in [9.17, 15) is 9.18 Å². The number of carbonyl (C=O) groups excluding carboxylic acids is 1. The van der Waals surface area contributed by atoms with Crippen molar-refractivity contribution in [3.63, 3.8) is 0 Å². The topological polar surface area (TPSA) is 36.4 Å². The molecule has 2 aromatic carbocycles. The summed E-state index contributed by atoms with van der Waals surface area (Å²) in [6.45, 7) is 7.32. The van der Waals surface area contributed by atoms with Crippen molar-refractivity contribution in [1.82, 2.24) is 9.88 Å². The lowest BCUT2D eigenvalue weighted by molar-refractivity contribution is -0.118. The van der Waals surface area contributed by atoms with Crippen molar-refractivity contribution >= 4 is 68.4 Å². The second-order valence-electron chi connectivity index (χ2n) is 6.71. The van der Waals surface area contributed by atoms with E-state index in [1.165, 1.54) is 17.4 Å². The number of carbonyl (C=O) groups is 1. The van der Waals surface area contributed by atoms with Gasteiger partial charge < -0.3 is 4.90 Å². The van der Waals surface area contributed by atoms with Crippen molar-refractivity contribution in [1.29, 1.82) is 0 Å². The summed E-state index contributed by atoms with van der Waals surface area (Å²) in [7, 11) is 0. The van der Waals surface area contributed by atoms with Crippen molar-refractivity contribution in [3.05, 3.63) is 53.3 Å². The van der Waals surface area contributed by atoms with E-state index in [2.05, 4.69) is 23.7 Å². The second kappa shape index (κ2) is 12.6. The molecule has 1 heterocycles. The van der Waals surface area contributed by atoms with Crippen LogP contribution < -0.4 is 4.90 Å². The van der Waals surface area contributed by atoms with Gasteiger partial charge in [0.2, 0.25) is 5.91 Å². The lowest BCUT2D eigenvalue weighted by Crippen LogP contribution is -2.39. The van der Waals surface area contributed by atoms with Crippen LogP contribution >= 0.6 is 47.1 Å². The van der Waals surface area contributed by atoms with E-state index in [0.717, 1.165) is 29.2 Å². The highest BCUT2D eigenvalue weighted by Gasteiger charge is 2.21. The third kappa shape index (κ3) is 7.05. The Balaban J connectivity index is 0.00000341. The highest BCUT2D eigenvalue weighted by Crippen LogP contribution is 2.31. The monoisotopic (exact) mass is 501 g/mol. The number of aromatic nitrogens is 1. The zero-order chi connectivity index (χ0) is 21.5. The maximum absolute atomic E-state index is 14.1. The van der Waals surface area contributed by atoms with Gasteiger partial charge in [-0.05, 0) is 49.5 Å². The van der Waals surface area contributed by atoms with Gasteiger partial charge in [0, 0.05) is 35.2 Å².